The molecule has 0 saturated heterocycles. The Hall–Kier alpha value is -1.73. The lowest BCUT2D eigenvalue weighted by atomic mass is 10.1. The van der Waals surface area contributed by atoms with Crippen molar-refractivity contribution >= 4 is 11.4 Å². The first-order valence-corrected chi connectivity index (χ1v) is 5.65. The number of nitrogens with two attached hydrogens (primary N) is 1. The standard InChI is InChI=1S/C13H19N3O/c1-10(2)16(6-7-17-3)13-5-4-11(9-14)8-12(13)15/h4-5,8,10H,6-7,15H2,1-3H3. The van der Waals surface area contributed by atoms with Crippen molar-refractivity contribution in [2.24, 2.45) is 0 Å². The van der Waals surface area contributed by atoms with Crippen LogP contribution in [-0.2, 0) is 4.74 Å². The van der Waals surface area contributed by atoms with Gasteiger partial charge in [0, 0.05) is 19.7 Å². The van der Waals surface area contributed by atoms with Crippen LogP contribution in [0, 0.1) is 11.3 Å². The number of nitrogens with zero attached hydrogens (tertiary/aromatic N) is 2. The molecule has 0 heterocycles. The lowest BCUT2D eigenvalue weighted by Crippen LogP contribution is -2.34. The van der Waals surface area contributed by atoms with Gasteiger partial charge in [0.15, 0.2) is 0 Å². The second kappa shape index (κ2) is 6.12. The van der Waals surface area contributed by atoms with Crippen molar-refractivity contribution in [3.8, 4) is 6.07 Å². The molecule has 1 rings (SSSR count). The average Bonchev–Trinajstić information content (AvgIpc) is 2.30. The Balaban J connectivity index is 2.98. The van der Waals surface area contributed by atoms with Crippen molar-refractivity contribution < 1.29 is 4.74 Å². The van der Waals surface area contributed by atoms with Crippen molar-refractivity contribution in [3.63, 3.8) is 0 Å². The van der Waals surface area contributed by atoms with E-state index in [9.17, 15) is 0 Å². The summed E-state index contributed by atoms with van der Waals surface area (Å²) in [4.78, 5) is 2.17. The Morgan fingerprint density at radius 2 is 2.18 bits per heavy atom. The SMILES string of the molecule is COCCN(c1ccc(C#N)cc1N)C(C)C. The van der Waals surface area contributed by atoms with Crippen LogP contribution in [0.3, 0.4) is 0 Å². The largest absolute Gasteiger partial charge is 0.397 e. The molecule has 0 aromatic heterocycles. The van der Waals surface area contributed by atoms with Gasteiger partial charge in [-0.25, -0.2) is 0 Å². The zero-order valence-electron chi connectivity index (χ0n) is 10.6. The molecule has 0 spiro atoms. The molecule has 0 amide bonds. The van der Waals surface area contributed by atoms with E-state index in [1.54, 1.807) is 19.2 Å². The van der Waals surface area contributed by atoms with Crippen LogP contribution in [0.25, 0.3) is 0 Å². The van der Waals surface area contributed by atoms with E-state index >= 15 is 0 Å². The third kappa shape index (κ3) is 3.36. The van der Waals surface area contributed by atoms with E-state index in [1.165, 1.54) is 0 Å². The van der Waals surface area contributed by atoms with Crippen LogP contribution in [0.5, 0.6) is 0 Å². The van der Waals surface area contributed by atoms with Gasteiger partial charge in [0.25, 0.3) is 0 Å². The third-order valence-corrected chi connectivity index (χ3v) is 2.63. The summed E-state index contributed by atoms with van der Waals surface area (Å²) >= 11 is 0. The normalized spacial score (nSPS) is 10.3. The highest BCUT2D eigenvalue weighted by molar-refractivity contribution is 5.69. The summed E-state index contributed by atoms with van der Waals surface area (Å²) in [7, 11) is 1.68. The van der Waals surface area contributed by atoms with Crippen molar-refractivity contribution in [1.82, 2.24) is 0 Å². The van der Waals surface area contributed by atoms with Crippen LogP contribution in [0.15, 0.2) is 18.2 Å². The lowest BCUT2D eigenvalue weighted by Gasteiger charge is -2.29. The summed E-state index contributed by atoms with van der Waals surface area (Å²) in [6.07, 6.45) is 0. The Kier molecular flexibility index (Phi) is 4.80. The van der Waals surface area contributed by atoms with Gasteiger partial charge in [-0.15, -0.1) is 0 Å². The van der Waals surface area contributed by atoms with E-state index in [4.69, 9.17) is 15.7 Å². The summed E-state index contributed by atoms with van der Waals surface area (Å²) in [6, 6.07) is 7.80. The van der Waals surface area contributed by atoms with Crippen molar-refractivity contribution in [3.05, 3.63) is 23.8 Å². The van der Waals surface area contributed by atoms with E-state index in [-0.39, 0.29) is 0 Å². The van der Waals surface area contributed by atoms with Gasteiger partial charge in [0.05, 0.1) is 29.6 Å². The lowest BCUT2D eigenvalue weighted by molar-refractivity contribution is 0.204. The molecule has 0 saturated carbocycles. The zero-order chi connectivity index (χ0) is 12.8. The van der Waals surface area contributed by atoms with E-state index < -0.39 is 0 Å². The number of rotatable bonds is 5. The topological polar surface area (TPSA) is 62.3 Å². The fourth-order valence-corrected chi connectivity index (χ4v) is 1.73. The first-order valence-electron chi connectivity index (χ1n) is 5.65. The summed E-state index contributed by atoms with van der Waals surface area (Å²) in [6.45, 7) is 5.64. The molecule has 4 nitrogen and oxygen atoms in total. The smallest absolute Gasteiger partial charge is 0.0992 e. The Morgan fingerprint density at radius 1 is 1.47 bits per heavy atom. The first kappa shape index (κ1) is 13.3. The van der Waals surface area contributed by atoms with Crippen LogP contribution in [-0.4, -0.2) is 26.3 Å². The molecule has 0 aliphatic carbocycles. The Morgan fingerprint density at radius 3 is 2.65 bits per heavy atom. The van der Waals surface area contributed by atoms with Crippen LogP contribution in [0.4, 0.5) is 11.4 Å². The van der Waals surface area contributed by atoms with E-state index in [2.05, 4.69) is 24.8 Å². The molecular formula is C13H19N3O. The molecule has 1 aromatic carbocycles. The molecule has 0 fully saturated rings. The monoisotopic (exact) mass is 233 g/mol. The summed E-state index contributed by atoms with van der Waals surface area (Å²) in [5.74, 6) is 0. The van der Waals surface area contributed by atoms with Gasteiger partial charge in [-0.05, 0) is 32.0 Å². The number of nitrogen functional groups attached to an aromatic ring is 1. The van der Waals surface area contributed by atoms with Crippen LogP contribution in [0.1, 0.15) is 19.4 Å². The van der Waals surface area contributed by atoms with Crippen molar-refractivity contribution in [2.75, 3.05) is 30.9 Å². The molecular weight excluding hydrogens is 214 g/mol. The van der Waals surface area contributed by atoms with E-state index in [0.29, 0.717) is 23.9 Å². The molecule has 0 radical (unpaired) electrons. The summed E-state index contributed by atoms with van der Waals surface area (Å²) in [5.41, 5.74) is 8.15. The zero-order valence-corrected chi connectivity index (χ0v) is 10.6. The maximum absolute atomic E-state index is 8.80. The molecule has 0 bridgehead atoms. The number of hydrogen-bond acceptors (Lipinski definition) is 4. The predicted molar refractivity (Wildman–Crippen MR) is 69.9 cm³/mol. The number of nitriles is 1. The molecule has 0 atom stereocenters. The van der Waals surface area contributed by atoms with E-state index in [0.717, 1.165) is 12.2 Å². The molecule has 17 heavy (non-hydrogen) atoms. The minimum Gasteiger partial charge on any atom is -0.397 e. The van der Waals surface area contributed by atoms with Crippen LogP contribution < -0.4 is 10.6 Å². The minimum absolute atomic E-state index is 0.334. The summed E-state index contributed by atoms with van der Waals surface area (Å²) < 4.78 is 5.09. The molecule has 1 aromatic rings. The van der Waals surface area contributed by atoms with E-state index in [1.807, 2.05) is 6.07 Å². The fraction of sp³-hybridized carbons (Fsp3) is 0.462. The van der Waals surface area contributed by atoms with Crippen molar-refractivity contribution in [1.29, 1.82) is 5.26 Å². The van der Waals surface area contributed by atoms with Crippen LogP contribution >= 0.6 is 0 Å². The highest BCUT2D eigenvalue weighted by atomic mass is 16.5. The third-order valence-electron chi connectivity index (χ3n) is 2.63. The van der Waals surface area contributed by atoms with Gasteiger partial charge in [-0.1, -0.05) is 0 Å². The van der Waals surface area contributed by atoms with Gasteiger partial charge >= 0.3 is 0 Å². The quantitative estimate of drug-likeness (QED) is 0.790. The Bertz CT molecular complexity index is 410. The second-order valence-electron chi connectivity index (χ2n) is 4.17. The van der Waals surface area contributed by atoms with Gasteiger partial charge < -0.3 is 15.4 Å². The minimum atomic E-state index is 0.334. The maximum Gasteiger partial charge on any atom is 0.0992 e. The average molecular weight is 233 g/mol. The van der Waals surface area contributed by atoms with Gasteiger partial charge in [-0.3, -0.25) is 0 Å². The summed E-state index contributed by atoms with van der Waals surface area (Å²) in [5, 5.41) is 8.80. The fourth-order valence-electron chi connectivity index (χ4n) is 1.73. The highest BCUT2D eigenvalue weighted by Crippen LogP contribution is 2.25. The number of anilines is 2. The Labute approximate surface area is 103 Å². The first-order chi connectivity index (χ1) is 8.10. The highest BCUT2D eigenvalue weighted by Gasteiger charge is 2.13. The number of methoxy groups -OCH3 is 1. The number of hydrogen-bond donors (Lipinski definition) is 1. The molecule has 0 aliphatic heterocycles. The number of benzene rings is 1. The molecule has 0 unspecified atom stereocenters. The second-order valence-corrected chi connectivity index (χ2v) is 4.17. The van der Waals surface area contributed by atoms with Crippen molar-refractivity contribution in [2.45, 2.75) is 19.9 Å². The maximum atomic E-state index is 8.80. The van der Waals surface area contributed by atoms with Gasteiger partial charge in [-0.2, -0.15) is 5.26 Å². The molecule has 92 valence electrons. The van der Waals surface area contributed by atoms with Gasteiger partial charge in [0.1, 0.15) is 0 Å². The molecule has 4 heteroatoms. The molecule has 0 aliphatic rings. The number of ether oxygens (including phenoxy) is 1. The molecule has 2 N–H and O–H groups in total. The van der Waals surface area contributed by atoms with Gasteiger partial charge in [0.2, 0.25) is 0 Å². The predicted octanol–water partition coefficient (Wildman–Crippen LogP) is 2.00. The van der Waals surface area contributed by atoms with Crippen LogP contribution in [0.2, 0.25) is 0 Å².